The molecule has 0 spiro atoms. The SMILES string of the molecule is CC1CCC(C(=O)N(C)Cc2ncn[nH]2)CC1. The number of aromatic nitrogens is 3. The average Bonchev–Trinajstić information content (AvgIpc) is 2.82. The normalized spacial score (nSPS) is 24.6. The molecule has 1 aromatic rings. The molecule has 0 atom stereocenters. The van der Waals surface area contributed by atoms with Crippen LogP contribution >= 0.6 is 0 Å². The van der Waals surface area contributed by atoms with Gasteiger partial charge < -0.3 is 4.90 Å². The van der Waals surface area contributed by atoms with Crippen LogP contribution in [0.1, 0.15) is 38.4 Å². The second-order valence-corrected chi connectivity index (χ2v) is 5.08. The summed E-state index contributed by atoms with van der Waals surface area (Å²) >= 11 is 0. The highest BCUT2D eigenvalue weighted by Crippen LogP contribution is 2.29. The molecule has 0 saturated heterocycles. The molecule has 17 heavy (non-hydrogen) atoms. The minimum atomic E-state index is 0.208. The van der Waals surface area contributed by atoms with Crippen LogP contribution in [0.25, 0.3) is 0 Å². The van der Waals surface area contributed by atoms with Crippen molar-refractivity contribution in [3.8, 4) is 0 Å². The van der Waals surface area contributed by atoms with Crippen molar-refractivity contribution < 1.29 is 4.79 Å². The van der Waals surface area contributed by atoms with E-state index in [0.29, 0.717) is 6.54 Å². The predicted octanol–water partition coefficient (Wildman–Crippen LogP) is 1.59. The first-order valence-corrected chi connectivity index (χ1v) is 6.26. The Labute approximate surface area is 102 Å². The smallest absolute Gasteiger partial charge is 0.225 e. The van der Waals surface area contributed by atoms with Crippen molar-refractivity contribution in [2.75, 3.05) is 7.05 Å². The number of hydrogen-bond donors (Lipinski definition) is 1. The molecule has 1 aliphatic carbocycles. The van der Waals surface area contributed by atoms with Gasteiger partial charge in [0.15, 0.2) is 0 Å². The van der Waals surface area contributed by atoms with E-state index in [4.69, 9.17) is 0 Å². The number of carbonyl (C=O) groups excluding carboxylic acids is 1. The van der Waals surface area contributed by atoms with Gasteiger partial charge in [0.05, 0.1) is 6.54 Å². The summed E-state index contributed by atoms with van der Waals surface area (Å²) in [5, 5.41) is 6.56. The van der Waals surface area contributed by atoms with E-state index in [1.165, 1.54) is 19.2 Å². The molecule has 1 aliphatic rings. The van der Waals surface area contributed by atoms with Gasteiger partial charge in [0, 0.05) is 13.0 Å². The van der Waals surface area contributed by atoms with Crippen LogP contribution in [0.2, 0.25) is 0 Å². The van der Waals surface area contributed by atoms with Crippen LogP contribution < -0.4 is 0 Å². The molecule has 1 fully saturated rings. The molecule has 5 heteroatoms. The quantitative estimate of drug-likeness (QED) is 0.867. The lowest BCUT2D eigenvalue weighted by molar-refractivity contribution is -0.136. The van der Waals surface area contributed by atoms with Gasteiger partial charge in [0.2, 0.25) is 5.91 Å². The van der Waals surface area contributed by atoms with E-state index in [0.717, 1.165) is 24.6 Å². The monoisotopic (exact) mass is 236 g/mol. The summed E-state index contributed by atoms with van der Waals surface area (Å²) < 4.78 is 0. The number of H-pyrrole nitrogens is 1. The van der Waals surface area contributed by atoms with Crippen LogP contribution in [0.15, 0.2) is 6.33 Å². The third kappa shape index (κ3) is 3.05. The Bertz CT molecular complexity index is 355. The third-order valence-corrected chi connectivity index (χ3v) is 3.59. The van der Waals surface area contributed by atoms with Crippen molar-refractivity contribution >= 4 is 5.91 Å². The van der Waals surface area contributed by atoms with E-state index in [-0.39, 0.29) is 11.8 Å². The van der Waals surface area contributed by atoms with Crippen molar-refractivity contribution in [1.29, 1.82) is 0 Å². The van der Waals surface area contributed by atoms with Crippen molar-refractivity contribution in [2.45, 2.75) is 39.2 Å². The number of aromatic amines is 1. The molecule has 1 aromatic heterocycles. The first kappa shape index (κ1) is 12.1. The second-order valence-electron chi connectivity index (χ2n) is 5.08. The molecule has 5 nitrogen and oxygen atoms in total. The molecular weight excluding hydrogens is 216 g/mol. The van der Waals surface area contributed by atoms with Gasteiger partial charge in [-0.3, -0.25) is 9.89 Å². The summed E-state index contributed by atoms with van der Waals surface area (Å²) in [6.07, 6.45) is 5.87. The number of nitrogens with zero attached hydrogens (tertiary/aromatic N) is 3. The van der Waals surface area contributed by atoms with Crippen LogP contribution in [0.3, 0.4) is 0 Å². The highest BCUT2D eigenvalue weighted by molar-refractivity contribution is 5.78. The van der Waals surface area contributed by atoms with E-state index in [2.05, 4.69) is 22.1 Å². The Morgan fingerprint density at radius 3 is 2.76 bits per heavy atom. The minimum Gasteiger partial charge on any atom is -0.338 e. The molecule has 2 rings (SSSR count). The minimum absolute atomic E-state index is 0.208. The Kier molecular flexibility index (Phi) is 3.76. The molecule has 1 amide bonds. The molecule has 0 unspecified atom stereocenters. The Morgan fingerprint density at radius 2 is 2.18 bits per heavy atom. The lowest BCUT2D eigenvalue weighted by Gasteiger charge is -2.28. The maximum atomic E-state index is 12.2. The van der Waals surface area contributed by atoms with E-state index in [9.17, 15) is 4.79 Å². The molecule has 0 aliphatic heterocycles. The first-order chi connectivity index (χ1) is 8.16. The number of carbonyl (C=O) groups is 1. The van der Waals surface area contributed by atoms with Gasteiger partial charge in [-0.25, -0.2) is 4.98 Å². The maximum Gasteiger partial charge on any atom is 0.225 e. The van der Waals surface area contributed by atoms with Crippen LogP contribution in [0.4, 0.5) is 0 Å². The van der Waals surface area contributed by atoms with Crippen LogP contribution in [0, 0.1) is 11.8 Å². The molecule has 94 valence electrons. The summed E-state index contributed by atoms with van der Waals surface area (Å²) in [5.74, 6) is 1.97. The number of rotatable bonds is 3. The highest BCUT2D eigenvalue weighted by Gasteiger charge is 2.26. The number of nitrogens with one attached hydrogen (secondary N) is 1. The van der Waals surface area contributed by atoms with Crippen LogP contribution in [0.5, 0.6) is 0 Å². The summed E-state index contributed by atoms with van der Waals surface area (Å²) in [6, 6.07) is 0. The molecule has 1 N–H and O–H groups in total. The largest absolute Gasteiger partial charge is 0.338 e. The number of amides is 1. The van der Waals surface area contributed by atoms with Crippen molar-refractivity contribution in [1.82, 2.24) is 20.1 Å². The van der Waals surface area contributed by atoms with Crippen LogP contribution in [-0.2, 0) is 11.3 Å². The standard InChI is InChI=1S/C12H20N4O/c1-9-3-5-10(6-4-9)12(17)16(2)7-11-13-8-14-15-11/h8-10H,3-7H2,1-2H3,(H,13,14,15). The fourth-order valence-corrected chi connectivity index (χ4v) is 2.43. The van der Waals surface area contributed by atoms with Crippen molar-refractivity contribution in [2.24, 2.45) is 11.8 Å². The van der Waals surface area contributed by atoms with Crippen molar-refractivity contribution in [3.05, 3.63) is 12.2 Å². The van der Waals surface area contributed by atoms with Gasteiger partial charge in [0.1, 0.15) is 12.2 Å². The second kappa shape index (κ2) is 5.29. The highest BCUT2D eigenvalue weighted by atomic mass is 16.2. The topological polar surface area (TPSA) is 61.9 Å². The molecule has 0 radical (unpaired) electrons. The van der Waals surface area contributed by atoms with Gasteiger partial charge >= 0.3 is 0 Å². The Hall–Kier alpha value is -1.39. The predicted molar refractivity (Wildman–Crippen MR) is 64.0 cm³/mol. The Balaban J connectivity index is 1.86. The lowest BCUT2D eigenvalue weighted by atomic mass is 9.82. The molecule has 0 aromatic carbocycles. The first-order valence-electron chi connectivity index (χ1n) is 6.26. The van der Waals surface area contributed by atoms with Gasteiger partial charge in [-0.15, -0.1) is 0 Å². The maximum absolute atomic E-state index is 12.2. The zero-order valence-electron chi connectivity index (χ0n) is 10.5. The van der Waals surface area contributed by atoms with Crippen LogP contribution in [-0.4, -0.2) is 33.0 Å². The summed E-state index contributed by atoms with van der Waals surface area (Å²) in [7, 11) is 1.84. The van der Waals surface area contributed by atoms with Gasteiger partial charge in [-0.05, 0) is 31.6 Å². The van der Waals surface area contributed by atoms with E-state index < -0.39 is 0 Å². The fourth-order valence-electron chi connectivity index (χ4n) is 2.43. The summed E-state index contributed by atoms with van der Waals surface area (Å²) in [5.41, 5.74) is 0. The average molecular weight is 236 g/mol. The zero-order valence-corrected chi connectivity index (χ0v) is 10.5. The lowest BCUT2D eigenvalue weighted by Crippen LogP contribution is -2.34. The van der Waals surface area contributed by atoms with E-state index >= 15 is 0 Å². The van der Waals surface area contributed by atoms with Gasteiger partial charge in [0.25, 0.3) is 0 Å². The summed E-state index contributed by atoms with van der Waals surface area (Å²) in [6.45, 7) is 2.78. The van der Waals surface area contributed by atoms with Gasteiger partial charge in [-0.2, -0.15) is 5.10 Å². The molecule has 0 bridgehead atoms. The zero-order chi connectivity index (χ0) is 12.3. The van der Waals surface area contributed by atoms with E-state index in [1.54, 1.807) is 4.90 Å². The third-order valence-electron chi connectivity index (χ3n) is 3.59. The van der Waals surface area contributed by atoms with E-state index in [1.807, 2.05) is 7.05 Å². The summed E-state index contributed by atoms with van der Waals surface area (Å²) in [4.78, 5) is 18.0. The Morgan fingerprint density at radius 1 is 1.47 bits per heavy atom. The van der Waals surface area contributed by atoms with Gasteiger partial charge in [-0.1, -0.05) is 6.92 Å². The van der Waals surface area contributed by atoms with Crippen molar-refractivity contribution in [3.63, 3.8) is 0 Å². The molecule has 1 heterocycles. The number of hydrogen-bond acceptors (Lipinski definition) is 3. The fraction of sp³-hybridized carbons (Fsp3) is 0.750. The molecule has 1 saturated carbocycles. The molecular formula is C12H20N4O.